The number of rotatable bonds is 10. The van der Waals surface area contributed by atoms with Gasteiger partial charge in [0.15, 0.2) is 0 Å². The van der Waals surface area contributed by atoms with Crippen LogP contribution in [0.15, 0.2) is 67.1 Å². The smallest absolute Gasteiger partial charge is 0.250 e. The molecule has 0 saturated heterocycles. The fraction of sp³-hybridized carbons (Fsp3) is 0.231. The zero-order valence-corrected chi connectivity index (χ0v) is 20.7. The lowest BCUT2D eigenvalue weighted by Crippen LogP contribution is -2.25. The first-order valence-corrected chi connectivity index (χ1v) is 12.5. The van der Waals surface area contributed by atoms with E-state index in [1.54, 1.807) is 47.6 Å². The Labute approximate surface area is 215 Å². The Hall–Kier alpha value is -3.83. The summed E-state index contributed by atoms with van der Waals surface area (Å²) in [7, 11) is 0. The predicted octanol–water partition coefficient (Wildman–Crippen LogP) is 5.78. The highest BCUT2D eigenvalue weighted by atomic mass is 32.1. The van der Waals surface area contributed by atoms with Crippen LogP contribution in [0.5, 0.6) is 0 Å². The molecule has 0 aliphatic carbocycles. The van der Waals surface area contributed by atoms with Crippen LogP contribution < -0.4 is 10.6 Å². The molecule has 0 saturated carbocycles. The molecule has 3 heterocycles. The summed E-state index contributed by atoms with van der Waals surface area (Å²) in [5, 5.41) is 14.8. The number of alkyl halides is 2. The molecule has 3 aromatic heterocycles. The summed E-state index contributed by atoms with van der Waals surface area (Å²) in [6.45, 7) is 2.58. The zero-order valence-electron chi connectivity index (χ0n) is 19.9. The molecule has 0 aliphatic heterocycles. The average molecular weight is 524 g/mol. The van der Waals surface area contributed by atoms with Crippen LogP contribution in [0.4, 0.5) is 19.1 Å². The number of anilines is 1. The Morgan fingerprint density at radius 3 is 2.76 bits per heavy atom. The second-order valence-corrected chi connectivity index (χ2v) is 9.50. The summed E-state index contributed by atoms with van der Waals surface area (Å²) < 4.78 is 42.6. The van der Waals surface area contributed by atoms with E-state index < -0.39 is 13.0 Å². The SMILES string of the molecule is CC(NCC(F)F)c1ccc(F)cc1-c1cccc2cc(-c3ccnc(NCCn4ccnn4)n3)sc12. The highest BCUT2D eigenvalue weighted by Crippen LogP contribution is 2.41. The monoisotopic (exact) mass is 523 g/mol. The number of hydrogen-bond donors (Lipinski definition) is 2. The van der Waals surface area contributed by atoms with Crippen LogP contribution in [0.3, 0.4) is 0 Å². The normalized spacial score (nSPS) is 12.4. The van der Waals surface area contributed by atoms with Gasteiger partial charge in [-0.2, -0.15) is 0 Å². The molecule has 5 rings (SSSR count). The van der Waals surface area contributed by atoms with Crippen LogP contribution in [0.1, 0.15) is 18.5 Å². The Morgan fingerprint density at radius 1 is 1.05 bits per heavy atom. The summed E-state index contributed by atoms with van der Waals surface area (Å²) in [5.74, 6) is 0.118. The van der Waals surface area contributed by atoms with Gasteiger partial charge in [0, 0.05) is 29.7 Å². The molecular weight excluding hydrogens is 499 g/mol. The van der Waals surface area contributed by atoms with Crippen LogP contribution in [-0.2, 0) is 6.54 Å². The maximum atomic E-state index is 14.3. The van der Waals surface area contributed by atoms with Gasteiger partial charge in [0.05, 0.1) is 29.9 Å². The number of hydrogen-bond acceptors (Lipinski definition) is 7. The highest BCUT2D eigenvalue weighted by molar-refractivity contribution is 7.22. The van der Waals surface area contributed by atoms with Crippen molar-refractivity contribution in [3.8, 4) is 21.7 Å². The standard InChI is InChI=1S/C26H24F3N7S/c1-16(32-15-24(28)29)19-6-5-18(27)14-21(19)20-4-2-3-17-13-23(37-25(17)20)22-7-8-30-26(34-22)31-9-11-36-12-10-33-35-36/h2-8,10,12-14,16,24,32H,9,11,15H2,1H3,(H,30,31,34). The van der Waals surface area contributed by atoms with E-state index in [1.165, 1.54) is 12.1 Å². The van der Waals surface area contributed by atoms with Crippen LogP contribution in [-0.4, -0.2) is 44.5 Å². The predicted molar refractivity (Wildman–Crippen MR) is 139 cm³/mol. The lowest BCUT2D eigenvalue weighted by molar-refractivity contribution is 0.142. The van der Waals surface area contributed by atoms with Crippen molar-refractivity contribution in [1.82, 2.24) is 30.3 Å². The van der Waals surface area contributed by atoms with E-state index in [0.717, 1.165) is 31.8 Å². The van der Waals surface area contributed by atoms with Crippen molar-refractivity contribution in [3.63, 3.8) is 0 Å². The van der Waals surface area contributed by atoms with E-state index in [9.17, 15) is 13.2 Å². The van der Waals surface area contributed by atoms with Crippen LogP contribution >= 0.6 is 11.3 Å². The van der Waals surface area contributed by atoms with Crippen LogP contribution in [0, 0.1) is 5.82 Å². The van der Waals surface area contributed by atoms with Gasteiger partial charge >= 0.3 is 0 Å². The number of nitrogens with one attached hydrogen (secondary N) is 2. The summed E-state index contributed by atoms with van der Waals surface area (Å²) in [6, 6.07) is 13.8. The molecule has 37 heavy (non-hydrogen) atoms. The molecule has 5 aromatic rings. The molecular formula is C26H24F3N7S. The van der Waals surface area contributed by atoms with Crippen molar-refractivity contribution in [1.29, 1.82) is 0 Å². The van der Waals surface area contributed by atoms with Gasteiger partial charge in [-0.1, -0.05) is 29.5 Å². The van der Waals surface area contributed by atoms with E-state index in [0.29, 0.717) is 24.6 Å². The zero-order chi connectivity index (χ0) is 25.8. The van der Waals surface area contributed by atoms with Gasteiger partial charge in [0.1, 0.15) is 5.82 Å². The Bertz CT molecular complexity index is 1490. The molecule has 2 aromatic carbocycles. The van der Waals surface area contributed by atoms with Gasteiger partial charge in [-0.3, -0.25) is 4.68 Å². The molecule has 0 bridgehead atoms. The average Bonchev–Trinajstić information content (AvgIpc) is 3.57. The van der Waals surface area contributed by atoms with Crippen molar-refractivity contribution in [2.45, 2.75) is 25.9 Å². The maximum absolute atomic E-state index is 14.3. The largest absolute Gasteiger partial charge is 0.352 e. The van der Waals surface area contributed by atoms with Crippen LogP contribution in [0.2, 0.25) is 0 Å². The molecule has 0 amide bonds. The number of aromatic nitrogens is 5. The molecule has 7 nitrogen and oxygen atoms in total. The summed E-state index contributed by atoms with van der Waals surface area (Å²) in [5.41, 5.74) is 3.03. The van der Waals surface area contributed by atoms with E-state index in [4.69, 9.17) is 0 Å². The lowest BCUT2D eigenvalue weighted by atomic mass is 9.94. The minimum absolute atomic E-state index is 0.382. The van der Waals surface area contributed by atoms with Gasteiger partial charge in [-0.05, 0) is 53.3 Å². The molecule has 0 fully saturated rings. The molecule has 0 aliphatic rings. The molecule has 0 radical (unpaired) electrons. The first kappa shape index (κ1) is 24.8. The van der Waals surface area contributed by atoms with E-state index in [2.05, 4.69) is 30.9 Å². The minimum atomic E-state index is -2.47. The third-order valence-corrected chi connectivity index (χ3v) is 7.11. The minimum Gasteiger partial charge on any atom is -0.352 e. The number of fused-ring (bicyclic) bond motifs is 1. The molecule has 1 unspecified atom stereocenters. The Balaban J connectivity index is 1.45. The maximum Gasteiger partial charge on any atom is 0.250 e. The number of thiophene rings is 1. The molecule has 2 N–H and O–H groups in total. The first-order valence-electron chi connectivity index (χ1n) is 11.7. The second kappa shape index (κ2) is 11.1. The molecule has 1 atom stereocenters. The van der Waals surface area contributed by atoms with E-state index >= 15 is 0 Å². The van der Waals surface area contributed by atoms with E-state index in [-0.39, 0.29) is 11.9 Å². The number of benzene rings is 2. The summed E-state index contributed by atoms with van der Waals surface area (Å²) >= 11 is 1.54. The molecule has 190 valence electrons. The summed E-state index contributed by atoms with van der Waals surface area (Å²) in [6.07, 6.45) is 2.64. The van der Waals surface area contributed by atoms with Gasteiger partial charge in [-0.25, -0.2) is 23.1 Å². The lowest BCUT2D eigenvalue weighted by Gasteiger charge is -2.19. The second-order valence-electron chi connectivity index (χ2n) is 8.45. The van der Waals surface area contributed by atoms with Crippen molar-refractivity contribution < 1.29 is 13.2 Å². The number of nitrogens with zero attached hydrogens (tertiary/aromatic N) is 5. The third kappa shape index (κ3) is 5.78. The quantitative estimate of drug-likeness (QED) is 0.241. The summed E-state index contributed by atoms with van der Waals surface area (Å²) in [4.78, 5) is 9.91. The van der Waals surface area contributed by atoms with Crippen molar-refractivity contribution >= 4 is 27.4 Å². The molecule has 11 heteroatoms. The highest BCUT2D eigenvalue weighted by Gasteiger charge is 2.18. The number of halogens is 3. The topological polar surface area (TPSA) is 80.5 Å². The van der Waals surface area contributed by atoms with E-state index in [1.807, 2.05) is 30.3 Å². The van der Waals surface area contributed by atoms with Crippen LogP contribution in [0.25, 0.3) is 31.8 Å². The van der Waals surface area contributed by atoms with Crippen molar-refractivity contribution in [2.24, 2.45) is 0 Å². The molecule has 0 spiro atoms. The van der Waals surface area contributed by atoms with Gasteiger partial charge in [-0.15, -0.1) is 16.4 Å². The van der Waals surface area contributed by atoms with Crippen molar-refractivity contribution in [3.05, 3.63) is 78.5 Å². The van der Waals surface area contributed by atoms with Gasteiger partial charge < -0.3 is 10.6 Å². The fourth-order valence-corrected chi connectivity index (χ4v) is 5.29. The van der Waals surface area contributed by atoms with Crippen molar-refractivity contribution in [2.75, 3.05) is 18.4 Å². The third-order valence-electron chi connectivity index (χ3n) is 5.90. The Kier molecular flexibility index (Phi) is 7.42. The fourth-order valence-electron chi connectivity index (χ4n) is 4.13. The Morgan fingerprint density at radius 2 is 1.95 bits per heavy atom. The van der Waals surface area contributed by atoms with Gasteiger partial charge in [0.25, 0.3) is 6.43 Å². The first-order chi connectivity index (χ1) is 18.0. The van der Waals surface area contributed by atoms with Gasteiger partial charge in [0.2, 0.25) is 5.95 Å².